The fourth-order valence-electron chi connectivity index (χ4n) is 2.00. The van der Waals surface area contributed by atoms with E-state index in [0.29, 0.717) is 5.56 Å². The predicted octanol–water partition coefficient (Wildman–Crippen LogP) is 3.88. The molecule has 1 atom stereocenters. The maximum Gasteiger partial charge on any atom is 0.251 e. The van der Waals surface area contributed by atoms with Crippen molar-refractivity contribution in [3.05, 3.63) is 63.2 Å². The lowest BCUT2D eigenvalue weighted by Crippen LogP contribution is -2.28. The minimum absolute atomic E-state index is 0.0230. The van der Waals surface area contributed by atoms with Gasteiger partial charge in [0.2, 0.25) is 0 Å². The molecule has 0 aliphatic heterocycles. The minimum atomic E-state index is -0.174. The highest BCUT2D eigenvalue weighted by molar-refractivity contribution is 14.1. The molecule has 0 heterocycles. The van der Waals surface area contributed by atoms with Crippen LogP contribution in [0.1, 0.15) is 35.3 Å². The van der Waals surface area contributed by atoms with Gasteiger partial charge in [-0.3, -0.25) is 4.79 Å². The van der Waals surface area contributed by atoms with E-state index in [1.165, 1.54) is 6.07 Å². The highest BCUT2D eigenvalue weighted by atomic mass is 127. The van der Waals surface area contributed by atoms with Crippen LogP contribution in [-0.4, -0.2) is 11.0 Å². The van der Waals surface area contributed by atoms with Crippen LogP contribution >= 0.6 is 22.6 Å². The van der Waals surface area contributed by atoms with Crippen molar-refractivity contribution in [1.82, 2.24) is 5.32 Å². The highest BCUT2D eigenvalue weighted by Gasteiger charge is 2.14. The predicted molar refractivity (Wildman–Crippen MR) is 87.8 cm³/mol. The first-order valence-corrected chi connectivity index (χ1v) is 7.54. The van der Waals surface area contributed by atoms with Gasteiger partial charge in [-0.1, -0.05) is 37.3 Å². The van der Waals surface area contributed by atoms with Crippen molar-refractivity contribution in [2.75, 3.05) is 0 Å². The average Bonchev–Trinajstić information content (AvgIpc) is 2.48. The number of hydrogen-bond donors (Lipinski definition) is 2. The van der Waals surface area contributed by atoms with E-state index < -0.39 is 0 Å². The summed E-state index contributed by atoms with van der Waals surface area (Å²) in [6.07, 6.45) is 0.812. The summed E-state index contributed by atoms with van der Waals surface area (Å²) in [6, 6.07) is 14.8. The number of phenols is 1. The van der Waals surface area contributed by atoms with Crippen molar-refractivity contribution < 1.29 is 9.90 Å². The quantitative estimate of drug-likeness (QED) is 0.790. The zero-order valence-electron chi connectivity index (χ0n) is 11.1. The number of amides is 1. The van der Waals surface area contributed by atoms with Crippen molar-refractivity contribution >= 4 is 28.5 Å². The number of phenolic OH excluding ortho intramolecular Hbond substituents is 1. The Morgan fingerprint density at radius 1 is 1.25 bits per heavy atom. The molecule has 4 heteroatoms. The maximum absolute atomic E-state index is 12.2. The molecule has 2 aromatic carbocycles. The van der Waals surface area contributed by atoms with E-state index in [4.69, 9.17) is 0 Å². The van der Waals surface area contributed by atoms with Crippen LogP contribution < -0.4 is 5.32 Å². The zero-order valence-corrected chi connectivity index (χ0v) is 13.3. The Labute approximate surface area is 132 Å². The standard InChI is InChI=1S/C16H16INO2/c1-2-14(11-6-4-3-5-7-11)18-16(20)12-8-9-13(17)15(19)10-12/h3-10,14,19H,2H2,1H3,(H,18,20). The number of carbonyl (C=O) groups is 1. The van der Waals surface area contributed by atoms with Gasteiger partial charge >= 0.3 is 0 Å². The van der Waals surface area contributed by atoms with Crippen molar-refractivity contribution in [1.29, 1.82) is 0 Å². The van der Waals surface area contributed by atoms with Gasteiger partial charge in [0.05, 0.1) is 9.61 Å². The van der Waals surface area contributed by atoms with Gasteiger partial charge in [-0.25, -0.2) is 0 Å². The summed E-state index contributed by atoms with van der Waals surface area (Å²) in [5.74, 6) is -0.0431. The van der Waals surface area contributed by atoms with Crippen molar-refractivity contribution in [3.8, 4) is 5.75 Å². The molecule has 0 aliphatic carbocycles. The van der Waals surface area contributed by atoms with E-state index in [1.807, 2.05) is 59.8 Å². The van der Waals surface area contributed by atoms with Crippen LogP contribution in [0.5, 0.6) is 5.75 Å². The van der Waals surface area contributed by atoms with Gasteiger partial charge in [0.15, 0.2) is 0 Å². The molecule has 2 N–H and O–H groups in total. The molecule has 1 amide bonds. The smallest absolute Gasteiger partial charge is 0.251 e. The molecule has 0 saturated heterocycles. The Morgan fingerprint density at radius 2 is 1.95 bits per heavy atom. The molecule has 0 spiro atoms. The van der Waals surface area contributed by atoms with Crippen LogP contribution in [0.3, 0.4) is 0 Å². The third kappa shape index (κ3) is 3.50. The monoisotopic (exact) mass is 381 g/mol. The van der Waals surface area contributed by atoms with Gasteiger partial charge in [0.25, 0.3) is 5.91 Å². The lowest BCUT2D eigenvalue weighted by Gasteiger charge is -2.17. The van der Waals surface area contributed by atoms with Crippen LogP contribution in [0, 0.1) is 3.57 Å². The Bertz CT molecular complexity index is 599. The Balaban J connectivity index is 2.15. The molecule has 2 aromatic rings. The SMILES string of the molecule is CCC(NC(=O)c1ccc(I)c(O)c1)c1ccccc1. The van der Waals surface area contributed by atoms with Crippen LogP contribution in [0.25, 0.3) is 0 Å². The normalized spacial score (nSPS) is 11.9. The first-order chi connectivity index (χ1) is 9.61. The van der Waals surface area contributed by atoms with E-state index in [9.17, 15) is 9.90 Å². The zero-order chi connectivity index (χ0) is 14.5. The third-order valence-electron chi connectivity index (χ3n) is 3.12. The largest absolute Gasteiger partial charge is 0.507 e. The number of benzene rings is 2. The number of halogens is 1. The third-order valence-corrected chi connectivity index (χ3v) is 4.04. The number of carbonyl (C=O) groups excluding carboxylic acids is 1. The molecule has 3 nitrogen and oxygen atoms in total. The summed E-state index contributed by atoms with van der Waals surface area (Å²) in [4.78, 5) is 12.2. The Hall–Kier alpha value is -1.56. The fourth-order valence-corrected chi connectivity index (χ4v) is 2.34. The molecular formula is C16H16INO2. The summed E-state index contributed by atoms with van der Waals surface area (Å²) in [5.41, 5.74) is 1.55. The molecule has 0 bridgehead atoms. The Morgan fingerprint density at radius 3 is 2.55 bits per heavy atom. The maximum atomic E-state index is 12.2. The van der Waals surface area contributed by atoms with Crippen LogP contribution in [0.15, 0.2) is 48.5 Å². The number of aromatic hydroxyl groups is 1. The molecule has 0 aromatic heterocycles. The first-order valence-electron chi connectivity index (χ1n) is 6.46. The number of hydrogen-bond acceptors (Lipinski definition) is 2. The molecule has 20 heavy (non-hydrogen) atoms. The van der Waals surface area contributed by atoms with Gasteiger partial charge < -0.3 is 10.4 Å². The lowest BCUT2D eigenvalue weighted by molar-refractivity contribution is 0.0935. The fraction of sp³-hybridized carbons (Fsp3) is 0.188. The topological polar surface area (TPSA) is 49.3 Å². The summed E-state index contributed by atoms with van der Waals surface area (Å²) >= 11 is 2.02. The van der Waals surface area contributed by atoms with E-state index >= 15 is 0 Å². The molecular weight excluding hydrogens is 365 g/mol. The summed E-state index contributed by atoms with van der Waals surface area (Å²) < 4.78 is 0.731. The van der Waals surface area contributed by atoms with Crippen molar-refractivity contribution in [3.63, 3.8) is 0 Å². The molecule has 2 rings (SSSR count). The lowest BCUT2D eigenvalue weighted by atomic mass is 10.0. The van der Waals surface area contributed by atoms with Gasteiger partial charge in [-0.2, -0.15) is 0 Å². The van der Waals surface area contributed by atoms with E-state index in [1.54, 1.807) is 12.1 Å². The highest BCUT2D eigenvalue weighted by Crippen LogP contribution is 2.22. The number of nitrogens with one attached hydrogen (secondary N) is 1. The molecule has 1 unspecified atom stereocenters. The first kappa shape index (κ1) is 14.8. The van der Waals surface area contributed by atoms with Gasteiger partial charge in [0.1, 0.15) is 5.75 Å². The second kappa shape index (κ2) is 6.74. The molecule has 0 saturated carbocycles. The average molecular weight is 381 g/mol. The van der Waals surface area contributed by atoms with E-state index in [2.05, 4.69) is 5.32 Å². The van der Waals surface area contributed by atoms with Crippen LogP contribution in [-0.2, 0) is 0 Å². The van der Waals surface area contributed by atoms with Crippen LogP contribution in [0.2, 0.25) is 0 Å². The van der Waals surface area contributed by atoms with Crippen molar-refractivity contribution in [2.24, 2.45) is 0 Å². The Kier molecular flexibility index (Phi) is 5.00. The second-order valence-electron chi connectivity index (χ2n) is 4.51. The minimum Gasteiger partial charge on any atom is -0.507 e. The van der Waals surface area contributed by atoms with E-state index in [-0.39, 0.29) is 17.7 Å². The molecule has 0 aliphatic rings. The molecule has 104 valence electrons. The van der Waals surface area contributed by atoms with Gasteiger partial charge in [0, 0.05) is 5.56 Å². The molecule has 0 radical (unpaired) electrons. The van der Waals surface area contributed by atoms with Gasteiger partial charge in [-0.05, 0) is 52.8 Å². The van der Waals surface area contributed by atoms with E-state index in [0.717, 1.165) is 15.6 Å². The number of rotatable bonds is 4. The van der Waals surface area contributed by atoms with Crippen molar-refractivity contribution in [2.45, 2.75) is 19.4 Å². The summed E-state index contributed by atoms with van der Waals surface area (Å²) in [5, 5.41) is 12.7. The van der Waals surface area contributed by atoms with Gasteiger partial charge in [-0.15, -0.1) is 0 Å². The second-order valence-corrected chi connectivity index (χ2v) is 5.67. The molecule has 0 fully saturated rings. The summed E-state index contributed by atoms with van der Waals surface area (Å²) in [7, 11) is 0. The van der Waals surface area contributed by atoms with Crippen LogP contribution in [0.4, 0.5) is 0 Å². The summed E-state index contributed by atoms with van der Waals surface area (Å²) in [6.45, 7) is 2.03.